The Morgan fingerprint density at radius 2 is 1.82 bits per heavy atom. The Labute approximate surface area is 206 Å². The van der Waals surface area contributed by atoms with Crippen LogP contribution in [0.1, 0.15) is 39.1 Å². The van der Waals surface area contributed by atoms with Gasteiger partial charge in [0.2, 0.25) is 0 Å². The molecule has 0 saturated carbocycles. The van der Waals surface area contributed by atoms with Crippen LogP contribution in [0.2, 0.25) is 0 Å². The van der Waals surface area contributed by atoms with Crippen LogP contribution in [0.25, 0.3) is 10.8 Å². The number of nitrogens with one attached hydrogen (secondary N) is 1. The van der Waals surface area contributed by atoms with E-state index in [0.717, 1.165) is 23.9 Å². The molecule has 0 aliphatic carbocycles. The molecule has 0 unspecified atom stereocenters. The highest BCUT2D eigenvalue weighted by Gasteiger charge is 2.47. The van der Waals surface area contributed by atoms with E-state index in [2.05, 4.69) is 21.2 Å². The van der Waals surface area contributed by atoms with Crippen molar-refractivity contribution >= 4 is 38.4 Å². The number of carbonyl (C=O) groups is 2. The minimum atomic E-state index is -0.708. The maximum Gasteiger partial charge on any atom is 0.261 e. The van der Waals surface area contributed by atoms with Gasteiger partial charge in [0, 0.05) is 42.8 Å². The van der Waals surface area contributed by atoms with Crippen molar-refractivity contribution in [2.45, 2.75) is 18.6 Å². The van der Waals surface area contributed by atoms with E-state index in [1.165, 1.54) is 7.11 Å². The van der Waals surface area contributed by atoms with Crippen molar-refractivity contribution in [2.75, 3.05) is 34.4 Å². The minimum Gasteiger partial charge on any atom is -0.496 e. The second-order valence-electron chi connectivity index (χ2n) is 8.52. The lowest BCUT2D eigenvalue weighted by molar-refractivity contribution is -0.0832. The number of fused-ring (bicyclic) bond motifs is 2. The molecule has 1 saturated heterocycles. The van der Waals surface area contributed by atoms with E-state index in [4.69, 9.17) is 14.2 Å². The van der Waals surface area contributed by atoms with E-state index in [-0.39, 0.29) is 22.8 Å². The Hall–Kier alpha value is -3.10. The van der Waals surface area contributed by atoms with Crippen molar-refractivity contribution in [3.05, 3.63) is 63.6 Å². The molecule has 8 heteroatoms. The number of hydrogen-bond donors (Lipinski definition) is 1. The molecule has 0 radical (unpaired) electrons. The predicted octanol–water partition coefficient (Wildman–Crippen LogP) is 4.39. The van der Waals surface area contributed by atoms with E-state index in [1.54, 1.807) is 43.3 Å². The largest absolute Gasteiger partial charge is 0.496 e. The van der Waals surface area contributed by atoms with Gasteiger partial charge < -0.3 is 24.4 Å². The van der Waals surface area contributed by atoms with Gasteiger partial charge in [-0.1, -0.05) is 28.1 Å². The Morgan fingerprint density at radius 1 is 1.09 bits per heavy atom. The molecule has 2 heterocycles. The Kier molecular flexibility index (Phi) is 5.73. The lowest BCUT2D eigenvalue weighted by Gasteiger charge is -2.47. The molecule has 1 N–H and O–H groups in total. The SMILES string of the molecule is COc1cc2c(OC)cccc2cc1C(=O)c1c(Br)ccc2c1C(=O)N(C)C1(CCNCC1)O2. The molecule has 0 aromatic heterocycles. The number of benzene rings is 3. The molecular formula is C26H25BrN2O5. The number of methoxy groups -OCH3 is 2. The van der Waals surface area contributed by atoms with E-state index in [9.17, 15) is 9.59 Å². The number of nitrogens with zero attached hydrogens (tertiary/aromatic N) is 1. The molecule has 0 atom stereocenters. The van der Waals surface area contributed by atoms with Gasteiger partial charge in [-0.05, 0) is 35.7 Å². The van der Waals surface area contributed by atoms with Crippen molar-refractivity contribution in [1.29, 1.82) is 0 Å². The Balaban J connectivity index is 1.66. The molecule has 1 spiro atoms. The van der Waals surface area contributed by atoms with Crippen LogP contribution in [0, 0.1) is 0 Å². The van der Waals surface area contributed by atoms with Gasteiger partial charge in [-0.25, -0.2) is 0 Å². The van der Waals surface area contributed by atoms with Crippen LogP contribution in [0.3, 0.4) is 0 Å². The summed E-state index contributed by atoms with van der Waals surface area (Å²) in [5, 5.41) is 4.97. The minimum absolute atomic E-state index is 0.228. The third-order valence-corrected chi connectivity index (χ3v) is 7.44. The van der Waals surface area contributed by atoms with Gasteiger partial charge in [0.15, 0.2) is 11.5 Å². The summed E-state index contributed by atoms with van der Waals surface area (Å²) >= 11 is 3.51. The number of piperidine rings is 1. The highest BCUT2D eigenvalue weighted by molar-refractivity contribution is 9.10. The quantitative estimate of drug-likeness (QED) is 0.510. The van der Waals surface area contributed by atoms with Crippen molar-refractivity contribution < 1.29 is 23.8 Å². The van der Waals surface area contributed by atoms with Crippen molar-refractivity contribution in [3.63, 3.8) is 0 Å². The fraction of sp³-hybridized carbons (Fsp3) is 0.308. The fourth-order valence-corrected chi connectivity index (χ4v) is 5.40. The summed E-state index contributed by atoms with van der Waals surface area (Å²) in [4.78, 5) is 29.3. The molecule has 2 aliphatic rings. The van der Waals surface area contributed by atoms with E-state index < -0.39 is 5.72 Å². The van der Waals surface area contributed by atoms with Crippen LogP contribution in [-0.2, 0) is 0 Å². The number of ketones is 1. The van der Waals surface area contributed by atoms with Gasteiger partial charge >= 0.3 is 0 Å². The summed E-state index contributed by atoms with van der Waals surface area (Å²) in [6, 6.07) is 12.7. The van der Waals surface area contributed by atoms with E-state index in [1.807, 2.05) is 18.2 Å². The monoisotopic (exact) mass is 524 g/mol. The molecule has 176 valence electrons. The molecule has 3 aromatic rings. The molecule has 5 rings (SSSR count). The van der Waals surface area contributed by atoms with Gasteiger partial charge in [0.1, 0.15) is 17.2 Å². The fourth-order valence-electron chi connectivity index (χ4n) is 4.89. The lowest BCUT2D eigenvalue weighted by Crippen LogP contribution is -2.61. The molecule has 0 bridgehead atoms. The van der Waals surface area contributed by atoms with Crippen LogP contribution in [-0.4, -0.2) is 56.7 Å². The number of rotatable bonds is 4. The molecule has 3 aromatic carbocycles. The number of carbonyl (C=O) groups excluding carboxylic acids is 2. The smallest absolute Gasteiger partial charge is 0.261 e. The van der Waals surface area contributed by atoms with Crippen LogP contribution in [0.15, 0.2) is 46.9 Å². The summed E-state index contributed by atoms with van der Waals surface area (Å²) in [7, 11) is 4.87. The van der Waals surface area contributed by atoms with Gasteiger partial charge in [-0.3, -0.25) is 9.59 Å². The summed E-state index contributed by atoms with van der Waals surface area (Å²) in [5.41, 5.74) is 0.174. The molecule has 1 amide bonds. The first-order chi connectivity index (χ1) is 16.4. The Bertz CT molecular complexity index is 1320. The number of hydrogen-bond acceptors (Lipinski definition) is 6. The second-order valence-corrected chi connectivity index (χ2v) is 9.38. The first-order valence-corrected chi connectivity index (χ1v) is 11.9. The highest BCUT2D eigenvalue weighted by Crippen LogP contribution is 2.42. The zero-order valence-corrected chi connectivity index (χ0v) is 20.8. The number of ether oxygens (including phenoxy) is 3. The van der Waals surface area contributed by atoms with Crippen LogP contribution >= 0.6 is 15.9 Å². The first-order valence-electron chi connectivity index (χ1n) is 11.1. The third kappa shape index (κ3) is 3.44. The summed E-state index contributed by atoms with van der Waals surface area (Å²) in [5.74, 6) is 0.966. The van der Waals surface area contributed by atoms with Gasteiger partial charge in [0.25, 0.3) is 5.91 Å². The number of amides is 1. The maximum absolute atomic E-state index is 14.0. The molecule has 2 aliphatic heterocycles. The topological polar surface area (TPSA) is 77.1 Å². The molecular weight excluding hydrogens is 500 g/mol. The third-order valence-electron chi connectivity index (χ3n) is 6.78. The average Bonchev–Trinajstić information content (AvgIpc) is 2.86. The predicted molar refractivity (Wildman–Crippen MR) is 132 cm³/mol. The Morgan fingerprint density at radius 3 is 2.53 bits per heavy atom. The summed E-state index contributed by atoms with van der Waals surface area (Å²) < 4.78 is 18.0. The standard InChI is InChI=1S/C26H25BrN2O5/c1-29-25(31)23-20(34-26(29)9-11-28-12-10-26)8-7-18(27)22(23)24(30)17-13-15-5-4-6-19(32-2)16(15)14-21(17)33-3/h4-8,13-14,28H,9-12H2,1-3H3. The zero-order valence-electron chi connectivity index (χ0n) is 19.2. The van der Waals surface area contributed by atoms with Crippen LogP contribution < -0.4 is 19.5 Å². The summed E-state index contributed by atoms with van der Waals surface area (Å²) in [6.07, 6.45) is 1.35. The summed E-state index contributed by atoms with van der Waals surface area (Å²) in [6.45, 7) is 1.51. The number of halogens is 1. The molecule has 34 heavy (non-hydrogen) atoms. The van der Waals surface area contributed by atoms with Crippen molar-refractivity contribution in [1.82, 2.24) is 10.2 Å². The molecule has 7 nitrogen and oxygen atoms in total. The van der Waals surface area contributed by atoms with Crippen molar-refractivity contribution in [2.24, 2.45) is 0 Å². The highest BCUT2D eigenvalue weighted by atomic mass is 79.9. The van der Waals surface area contributed by atoms with Crippen LogP contribution in [0.4, 0.5) is 0 Å². The maximum atomic E-state index is 14.0. The van der Waals surface area contributed by atoms with Crippen LogP contribution in [0.5, 0.6) is 17.2 Å². The van der Waals surface area contributed by atoms with Gasteiger partial charge in [-0.15, -0.1) is 0 Å². The van der Waals surface area contributed by atoms with Crippen molar-refractivity contribution in [3.8, 4) is 17.2 Å². The van der Waals surface area contributed by atoms with Gasteiger partial charge in [-0.2, -0.15) is 0 Å². The first kappa shape index (κ1) is 22.7. The normalized spacial score (nSPS) is 16.8. The molecule has 1 fully saturated rings. The van der Waals surface area contributed by atoms with E-state index >= 15 is 0 Å². The lowest BCUT2D eigenvalue weighted by atomic mass is 9.91. The average molecular weight is 525 g/mol. The van der Waals surface area contributed by atoms with Gasteiger partial charge in [0.05, 0.1) is 30.9 Å². The second kappa shape index (κ2) is 8.60. The zero-order chi connectivity index (χ0) is 24.0. The van der Waals surface area contributed by atoms with E-state index in [0.29, 0.717) is 40.1 Å².